The van der Waals surface area contributed by atoms with Crippen molar-refractivity contribution < 1.29 is 39.9 Å². The highest BCUT2D eigenvalue weighted by molar-refractivity contribution is 6.30. The Morgan fingerprint density at radius 3 is 2.41 bits per heavy atom. The summed E-state index contributed by atoms with van der Waals surface area (Å²) in [5.74, 6) is -3.33. The Bertz CT molecular complexity index is 958. The van der Waals surface area contributed by atoms with Crippen molar-refractivity contribution in [2.45, 2.75) is 49.1 Å². The molecule has 4 rings (SSSR count). The van der Waals surface area contributed by atoms with Gasteiger partial charge in [-0.2, -0.15) is 0 Å². The van der Waals surface area contributed by atoms with Crippen molar-refractivity contribution in [3.63, 3.8) is 0 Å². The number of carbonyl (C=O) groups is 3. The molecule has 1 aromatic rings. The molecule has 142 valence electrons. The number of rotatable bonds is 0. The van der Waals surface area contributed by atoms with Crippen LogP contribution in [0.1, 0.15) is 46.9 Å². The number of hydrogen-bond donors (Lipinski definition) is 5. The summed E-state index contributed by atoms with van der Waals surface area (Å²) in [6, 6.07) is 3.86. The lowest BCUT2D eigenvalue weighted by Crippen LogP contribution is -2.75. The first-order valence-electron chi connectivity index (χ1n) is 8.50. The molecule has 8 nitrogen and oxygen atoms in total. The molecule has 3 aliphatic rings. The fourth-order valence-electron chi connectivity index (χ4n) is 4.61. The van der Waals surface area contributed by atoms with Gasteiger partial charge in [-0.15, -0.1) is 0 Å². The summed E-state index contributed by atoms with van der Waals surface area (Å²) in [4.78, 5) is 38.8. The number of hydrogen-bond acceptors (Lipinski definition) is 8. The average Bonchev–Trinajstić information content (AvgIpc) is 2.59. The minimum Gasteiger partial charge on any atom is -0.507 e. The van der Waals surface area contributed by atoms with Crippen LogP contribution in [0.4, 0.5) is 0 Å². The zero-order valence-electron chi connectivity index (χ0n) is 14.4. The van der Waals surface area contributed by atoms with Crippen molar-refractivity contribution in [2.24, 2.45) is 0 Å². The summed E-state index contributed by atoms with van der Waals surface area (Å²) in [5, 5.41) is 52.7. The maximum Gasteiger partial charge on any atom is 0.203 e. The molecule has 0 spiro atoms. The molecule has 0 bridgehead atoms. The maximum absolute atomic E-state index is 13.1. The lowest BCUT2D eigenvalue weighted by Gasteiger charge is -2.55. The molecule has 5 N–H and O–H groups in total. The number of ketones is 3. The number of Topliss-reactive ketones (excluding diaryl/α,β-unsaturated/α-hetero) is 3. The van der Waals surface area contributed by atoms with Crippen LogP contribution < -0.4 is 0 Å². The van der Waals surface area contributed by atoms with Gasteiger partial charge in [0.05, 0.1) is 11.2 Å². The molecule has 0 amide bonds. The molecule has 0 heterocycles. The van der Waals surface area contributed by atoms with Crippen LogP contribution in [-0.2, 0) is 4.79 Å². The summed E-state index contributed by atoms with van der Waals surface area (Å²) < 4.78 is 0. The third kappa shape index (κ3) is 1.98. The van der Waals surface area contributed by atoms with E-state index in [-0.39, 0.29) is 29.5 Å². The Morgan fingerprint density at radius 2 is 1.74 bits per heavy atom. The van der Waals surface area contributed by atoms with Gasteiger partial charge in [0, 0.05) is 23.1 Å². The number of allylic oxidation sites excluding steroid dienone is 1. The summed E-state index contributed by atoms with van der Waals surface area (Å²) in [6.45, 7) is 1.15. The molecule has 1 saturated carbocycles. The first-order valence-corrected chi connectivity index (χ1v) is 8.50. The van der Waals surface area contributed by atoms with E-state index in [9.17, 15) is 39.9 Å². The van der Waals surface area contributed by atoms with Crippen LogP contribution in [0.3, 0.4) is 0 Å². The Hall–Kier alpha value is -2.39. The normalized spacial score (nSPS) is 38.4. The second kappa shape index (κ2) is 5.11. The van der Waals surface area contributed by atoms with Crippen molar-refractivity contribution in [2.75, 3.05) is 0 Å². The molecule has 3 aliphatic carbocycles. The lowest BCUT2D eigenvalue weighted by atomic mass is 9.54. The average molecular weight is 374 g/mol. The Kier molecular flexibility index (Phi) is 3.40. The van der Waals surface area contributed by atoms with Gasteiger partial charge in [0.25, 0.3) is 0 Å². The standard InChI is InChI=1S/C19H18O8/c1-17(25)7-18(26)6-5-9-12(19(18,27)16(24)15(17)23)14(22)8-3-2-4-10(20)11(8)13(9)21/h2-4,15,20,23,25-27H,5-7H2,1H3/t15-,17+,18-,19+/m1/s1. The van der Waals surface area contributed by atoms with E-state index in [1.54, 1.807) is 0 Å². The van der Waals surface area contributed by atoms with Crippen molar-refractivity contribution in [1.29, 1.82) is 0 Å². The summed E-state index contributed by atoms with van der Waals surface area (Å²) in [5.41, 5.74) is -8.24. The van der Waals surface area contributed by atoms with E-state index in [2.05, 4.69) is 0 Å². The highest BCUT2D eigenvalue weighted by Crippen LogP contribution is 2.53. The molecule has 0 aromatic heterocycles. The van der Waals surface area contributed by atoms with E-state index in [4.69, 9.17) is 0 Å². The van der Waals surface area contributed by atoms with Gasteiger partial charge in [0.1, 0.15) is 17.5 Å². The van der Waals surface area contributed by atoms with Gasteiger partial charge in [0.15, 0.2) is 17.2 Å². The van der Waals surface area contributed by atoms with Crippen LogP contribution in [0, 0.1) is 0 Å². The predicted octanol–water partition coefficient (Wildman–Crippen LogP) is -0.591. The third-order valence-corrected chi connectivity index (χ3v) is 5.99. The summed E-state index contributed by atoms with van der Waals surface area (Å²) in [6.07, 6.45) is -3.03. The van der Waals surface area contributed by atoms with Crippen LogP contribution >= 0.6 is 0 Å². The summed E-state index contributed by atoms with van der Waals surface area (Å²) in [7, 11) is 0. The molecule has 8 heteroatoms. The molecule has 0 unspecified atom stereocenters. The minimum absolute atomic E-state index is 0.133. The lowest BCUT2D eigenvalue weighted by molar-refractivity contribution is -0.224. The number of aromatic hydroxyl groups is 1. The topological polar surface area (TPSA) is 152 Å². The molecule has 1 fully saturated rings. The maximum atomic E-state index is 13.1. The number of phenolic OH excluding ortho intramolecular Hbond substituents is 1. The van der Waals surface area contributed by atoms with E-state index < -0.39 is 58.0 Å². The Labute approximate surface area is 153 Å². The van der Waals surface area contributed by atoms with E-state index in [1.807, 2.05) is 0 Å². The monoisotopic (exact) mass is 374 g/mol. The fraction of sp³-hybridized carbons (Fsp3) is 0.421. The van der Waals surface area contributed by atoms with Gasteiger partial charge in [-0.3, -0.25) is 14.4 Å². The summed E-state index contributed by atoms with van der Waals surface area (Å²) >= 11 is 0. The first-order chi connectivity index (χ1) is 12.5. The third-order valence-electron chi connectivity index (χ3n) is 5.99. The van der Waals surface area contributed by atoms with Crippen LogP contribution in [0.15, 0.2) is 29.3 Å². The number of fused-ring (bicyclic) bond motifs is 3. The van der Waals surface area contributed by atoms with Gasteiger partial charge in [-0.05, 0) is 25.8 Å². The van der Waals surface area contributed by atoms with Crippen LogP contribution in [0.25, 0.3) is 0 Å². The molecule has 4 atom stereocenters. The Morgan fingerprint density at radius 1 is 1.07 bits per heavy atom. The van der Waals surface area contributed by atoms with Gasteiger partial charge < -0.3 is 25.5 Å². The zero-order valence-corrected chi connectivity index (χ0v) is 14.4. The van der Waals surface area contributed by atoms with Crippen molar-refractivity contribution in [3.8, 4) is 5.75 Å². The molecule has 0 saturated heterocycles. The second-order valence-corrected chi connectivity index (χ2v) is 7.75. The number of benzene rings is 1. The molecule has 0 aliphatic heterocycles. The molecular formula is C19H18O8. The fourth-order valence-corrected chi connectivity index (χ4v) is 4.61. The zero-order chi connectivity index (χ0) is 19.9. The number of carbonyl (C=O) groups excluding carboxylic acids is 3. The van der Waals surface area contributed by atoms with Crippen LogP contribution in [0.2, 0.25) is 0 Å². The first kappa shape index (κ1) is 18.0. The van der Waals surface area contributed by atoms with E-state index >= 15 is 0 Å². The van der Waals surface area contributed by atoms with Crippen molar-refractivity contribution in [1.82, 2.24) is 0 Å². The molecule has 27 heavy (non-hydrogen) atoms. The van der Waals surface area contributed by atoms with Crippen molar-refractivity contribution >= 4 is 17.3 Å². The highest BCUT2D eigenvalue weighted by atomic mass is 16.4. The number of phenols is 1. The smallest absolute Gasteiger partial charge is 0.203 e. The second-order valence-electron chi connectivity index (χ2n) is 7.75. The SMILES string of the molecule is C[C@]1(O)C[C@]2(O)CCC3=C(C(=O)c4cccc(O)c4C3=O)[C@]2(O)C(=O)[C@H]1O. The predicted molar refractivity (Wildman–Crippen MR) is 89.2 cm³/mol. The van der Waals surface area contributed by atoms with E-state index in [1.165, 1.54) is 18.2 Å². The molecule has 1 aromatic carbocycles. The van der Waals surface area contributed by atoms with Gasteiger partial charge >= 0.3 is 0 Å². The highest BCUT2D eigenvalue weighted by Gasteiger charge is 2.70. The molecule has 0 radical (unpaired) electrons. The Balaban J connectivity index is 1.99. The van der Waals surface area contributed by atoms with E-state index in [0.717, 1.165) is 6.92 Å². The van der Waals surface area contributed by atoms with Crippen LogP contribution in [0.5, 0.6) is 5.75 Å². The number of aliphatic hydroxyl groups is 4. The van der Waals surface area contributed by atoms with Gasteiger partial charge in [-0.25, -0.2) is 0 Å². The van der Waals surface area contributed by atoms with Crippen molar-refractivity contribution in [3.05, 3.63) is 40.5 Å². The van der Waals surface area contributed by atoms with Crippen LogP contribution in [-0.4, -0.2) is 65.8 Å². The molecular weight excluding hydrogens is 356 g/mol. The quantitative estimate of drug-likeness (QED) is 0.404. The van der Waals surface area contributed by atoms with Gasteiger partial charge in [-0.1, -0.05) is 12.1 Å². The number of aliphatic hydroxyl groups excluding tert-OH is 1. The minimum atomic E-state index is -2.84. The largest absolute Gasteiger partial charge is 0.507 e. The van der Waals surface area contributed by atoms with Gasteiger partial charge in [0.2, 0.25) is 5.78 Å². The van der Waals surface area contributed by atoms with E-state index in [0.29, 0.717) is 0 Å².